The molecule has 0 unspecified atom stereocenters. The topological polar surface area (TPSA) is 80.6 Å². The van der Waals surface area contributed by atoms with E-state index >= 15 is 0 Å². The number of fused-ring (bicyclic) bond motifs is 2. The SMILES string of the molecule is CC(C)(C)OC(=O)NCCc1cc2ccccc2c(-n2ccc3ccccc32)c1Cc1cccc(C(=O)O)c1. The molecule has 0 aliphatic heterocycles. The molecule has 0 radical (unpaired) electrons. The number of hydrogen-bond acceptors (Lipinski definition) is 3. The van der Waals surface area contributed by atoms with Crippen LogP contribution in [0, 0.1) is 0 Å². The number of carbonyl (C=O) groups excluding carboxylic acids is 1. The fourth-order valence-electron chi connectivity index (χ4n) is 5.03. The van der Waals surface area contributed by atoms with E-state index in [1.165, 1.54) is 0 Å². The number of amides is 1. The van der Waals surface area contributed by atoms with Crippen LogP contribution in [0.5, 0.6) is 0 Å². The van der Waals surface area contributed by atoms with Gasteiger partial charge in [-0.3, -0.25) is 0 Å². The number of carbonyl (C=O) groups is 2. The van der Waals surface area contributed by atoms with Gasteiger partial charge < -0.3 is 19.7 Å². The fourth-order valence-corrected chi connectivity index (χ4v) is 5.03. The van der Waals surface area contributed by atoms with E-state index in [0.29, 0.717) is 19.4 Å². The van der Waals surface area contributed by atoms with Gasteiger partial charge >= 0.3 is 12.1 Å². The van der Waals surface area contributed by atoms with Crippen LogP contribution in [0.4, 0.5) is 4.79 Å². The number of carboxylic acids is 1. The number of para-hydroxylation sites is 1. The Labute approximate surface area is 227 Å². The maximum absolute atomic E-state index is 12.3. The highest BCUT2D eigenvalue weighted by atomic mass is 16.6. The third kappa shape index (κ3) is 5.80. The van der Waals surface area contributed by atoms with Gasteiger partial charge in [-0.15, -0.1) is 0 Å². The van der Waals surface area contributed by atoms with Crippen LogP contribution in [0.15, 0.2) is 91.1 Å². The Kier molecular flexibility index (Phi) is 7.11. The number of carboxylic acid groups (broad SMARTS) is 1. The number of aromatic carboxylic acids is 1. The molecule has 5 rings (SSSR count). The van der Waals surface area contributed by atoms with Crippen LogP contribution in [-0.4, -0.2) is 33.9 Å². The molecule has 1 aromatic heterocycles. The zero-order valence-corrected chi connectivity index (χ0v) is 22.4. The lowest BCUT2D eigenvalue weighted by molar-refractivity contribution is 0.0528. The Balaban J connectivity index is 1.65. The number of aromatic nitrogens is 1. The minimum atomic E-state index is -0.950. The highest BCUT2D eigenvalue weighted by Crippen LogP contribution is 2.34. The zero-order valence-electron chi connectivity index (χ0n) is 22.4. The summed E-state index contributed by atoms with van der Waals surface area (Å²) >= 11 is 0. The monoisotopic (exact) mass is 520 g/mol. The standard InChI is InChI=1S/C33H32N2O4/c1-33(2,3)39-32(38)34-17-15-25-21-24-11-4-6-13-27(24)30(35-18-16-23-10-5-7-14-29(23)35)28(25)20-22-9-8-12-26(19-22)31(36)37/h4-14,16,18-19,21H,15,17,20H2,1-3H3,(H,34,38)(H,36,37). The molecule has 198 valence electrons. The molecule has 1 heterocycles. The second-order valence-corrected chi connectivity index (χ2v) is 10.7. The van der Waals surface area contributed by atoms with Crippen molar-refractivity contribution in [3.63, 3.8) is 0 Å². The lowest BCUT2D eigenvalue weighted by Crippen LogP contribution is -2.33. The summed E-state index contributed by atoms with van der Waals surface area (Å²) in [7, 11) is 0. The summed E-state index contributed by atoms with van der Waals surface area (Å²) in [5, 5.41) is 15.8. The molecule has 39 heavy (non-hydrogen) atoms. The van der Waals surface area contributed by atoms with E-state index in [2.05, 4.69) is 52.5 Å². The minimum Gasteiger partial charge on any atom is -0.478 e. The van der Waals surface area contributed by atoms with Crippen molar-refractivity contribution in [3.05, 3.63) is 113 Å². The number of ether oxygens (including phenoxy) is 1. The van der Waals surface area contributed by atoms with Gasteiger partial charge in [-0.2, -0.15) is 0 Å². The summed E-state index contributed by atoms with van der Waals surface area (Å²) in [4.78, 5) is 24.0. The summed E-state index contributed by atoms with van der Waals surface area (Å²) in [5.41, 5.74) is 4.91. The van der Waals surface area contributed by atoms with Crippen molar-refractivity contribution >= 4 is 33.7 Å². The van der Waals surface area contributed by atoms with Crippen LogP contribution in [-0.2, 0) is 17.6 Å². The third-order valence-corrected chi connectivity index (χ3v) is 6.68. The molecule has 0 saturated carbocycles. The predicted molar refractivity (Wildman–Crippen MR) is 155 cm³/mol. The molecule has 0 atom stereocenters. The maximum Gasteiger partial charge on any atom is 0.407 e. The van der Waals surface area contributed by atoms with Crippen LogP contribution >= 0.6 is 0 Å². The number of hydrogen-bond donors (Lipinski definition) is 2. The van der Waals surface area contributed by atoms with Crippen LogP contribution in [0.1, 0.15) is 47.8 Å². The first kappa shape index (κ1) is 26.0. The van der Waals surface area contributed by atoms with Gasteiger partial charge in [0.1, 0.15) is 5.60 Å². The van der Waals surface area contributed by atoms with Gasteiger partial charge in [0.15, 0.2) is 0 Å². The van der Waals surface area contributed by atoms with E-state index in [0.717, 1.165) is 44.1 Å². The molecular formula is C33H32N2O4. The van der Waals surface area contributed by atoms with Crippen molar-refractivity contribution in [1.82, 2.24) is 9.88 Å². The Bertz CT molecular complexity index is 1680. The summed E-state index contributed by atoms with van der Waals surface area (Å²) < 4.78 is 7.65. The highest BCUT2D eigenvalue weighted by molar-refractivity contribution is 5.95. The number of alkyl carbamates (subject to hydrolysis) is 1. The molecule has 6 heteroatoms. The summed E-state index contributed by atoms with van der Waals surface area (Å²) in [6, 6.07) is 27.9. The lowest BCUT2D eigenvalue weighted by Gasteiger charge is -2.22. The van der Waals surface area contributed by atoms with E-state index in [4.69, 9.17) is 4.74 Å². The molecule has 6 nitrogen and oxygen atoms in total. The van der Waals surface area contributed by atoms with Crippen molar-refractivity contribution < 1.29 is 19.4 Å². The molecule has 0 aliphatic rings. The maximum atomic E-state index is 12.3. The highest BCUT2D eigenvalue weighted by Gasteiger charge is 2.19. The van der Waals surface area contributed by atoms with Crippen molar-refractivity contribution in [1.29, 1.82) is 0 Å². The third-order valence-electron chi connectivity index (χ3n) is 6.68. The molecule has 0 spiro atoms. The quantitative estimate of drug-likeness (QED) is 0.239. The average Bonchev–Trinajstić information content (AvgIpc) is 3.32. The fraction of sp³-hybridized carbons (Fsp3) is 0.212. The van der Waals surface area contributed by atoms with Crippen LogP contribution in [0.3, 0.4) is 0 Å². The number of nitrogens with one attached hydrogen (secondary N) is 1. The van der Waals surface area contributed by atoms with E-state index < -0.39 is 17.7 Å². The molecule has 0 fully saturated rings. The van der Waals surface area contributed by atoms with Crippen molar-refractivity contribution in [2.24, 2.45) is 0 Å². The van der Waals surface area contributed by atoms with Gasteiger partial charge in [0, 0.05) is 18.1 Å². The molecule has 4 aromatic carbocycles. The van der Waals surface area contributed by atoms with Gasteiger partial charge in [0.25, 0.3) is 0 Å². The van der Waals surface area contributed by atoms with Gasteiger partial charge in [-0.1, -0.05) is 60.7 Å². The Morgan fingerprint density at radius 1 is 0.897 bits per heavy atom. The van der Waals surface area contributed by atoms with Crippen molar-refractivity contribution in [3.8, 4) is 5.69 Å². The predicted octanol–water partition coefficient (Wildman–Crippen LogP) is 7.14. The summed E-state index contributed by atoms with van der Waals surface area (Å²) in [6.45, 7) is 5.92. The van der Waals surface area contributed by atoms with Crippen LogP contribution < -0.4 is 5.32 Å². The molecular weight excluding hydrogens is 488 g/mol. The van der Waals surface area contributed by atoms with E-state index in [1.807, 2.05) is 51.1 Å². The van der Waals surface area contributed by atoms with Gasteiger partial charge in [0.05, 0.1) is 16.8 Å². The summed E-state index contributed by atoms with van der Waals surface area (Å²) in [5.74, 6) is -0.950. The minimum absolute atomic E-state index is 0.259. The number of benzene rings is 4. The summed E-state index contributed by atoms with van der Waals surface area (Å²) in [6.07, 6.45) is 2.77. The zero-order chi connectivity index (χ0) is 27.6. The normalized spacial score (nSPS) is 11.6. The number of nitrogens with zero attached hydrogens (tertiary/aromatic N) is 1. The number of rotatable bonds is 7. The van der Waals surface area contributed by atoms with E-state index in [-0.39, 0.29) is 5.56 Å². The molecule has 0 aliphatic carbocycles. The van der Waals surface area contributed by atoms with Crippen LogP contribution in [0.2, 0.25) is 0 Å². The first-order chi connectivity index (χ1) is 18.7. The first-order valence-corrected chi connectivity index (χ1v) is 13.1. The Morgan fingerprint density at radius 3 is 2.41 bits per heavy atom. The van der Waals surface area contributed by atoms with Crippen molar-refractivity contribution in [2.75, 3.05) is 6.54 Å². The lowest BCUT2D eigenvalue weighted by atomic mass is 9.91. The average molecular weight is 521 g/mol. The first-order valence-electron chi connectivity index (χ1n) is 13.1. The molecule has 5 aromatic rings. The van der Waals surface area contributed by atoms with Gasteiger partial charge in [-0.05, 0) is 85.3 Å². The van der Waals surface area contributed by atoms with Crippen LogP contribution in [0.25, 0.3) is 27.4 Å². The molecule has 1 amide bonds. The molecule has 0 saturated heterocycles. The van der Waals surface area contributed by atoms with E-state index in [1.54, 1.807) is 18.2 Å². The Hall–Kier alpha value is -4.58. The largest absolute Gasteiger partial charge is 0.478 e. The van der Waals surface area contributed by atoms with Gasteiger partial charge in [0.2, 0.25) is 0 Å². The molecule has 2 N–H and O–H groups in total. The van der Waals surface area contributed by atoms with Crippen molar-refractivity contribution in [2.45, 2.75) is 39.2 Å². The second kappa shape index (κ2) is 10.7. The van der Waals surface area contributed by atoms with E-state index in [9.17, 15) is 14.7 Å². The second-order valence-electron chi connectivity index (χ2n) is 10.7. The van der Waals surface area contributed by atoms with Gasteiger partial charge in [-0.25, -0.2) is 9.59 Å². The smallest absolute Gasteiger partial charge is 0.407 e. The Morgan fingerprint density at radius 2 is 1.64 bits per heavy atom. The molecule has 0 bridgehead atoms.